The second-order valence-electron chi connectivity index (χ2n) is 4.25. The molecule has 0 amide bonds. The number of benzene rings is 2. The van der Waals surface area contributed by atoms with Crippen molar-refractivity contribution >= 4 is 10.1 Å². The van der Waals surface area contributed by atoms with E-state index < -0.39 is 10.1 Å². The van der Waals surface area contributed by atoms with Gasteiger partial charge in [-0.25, -0.2) is 0 Å². The number of rotatable bonds is 3. The first-order valence-corrected chi connectivity index (χ1v) is 7.33. The lowest BCUT2D eigenvalue weighted by atomic mass is 10.1. The molecule has 0 saturated carbocycles. The first-order valence-electron chi connectivity index (χ1n) is 5.92. The van der Waals surface area contributed by atoms with E-state index in [1.54, 1.807) is 18.2 Å². The molecule has 0 N–H and O–H groups in total. The number of hydrogen-bond donors (Lipinski definition) is 0. The highest BCUT2D eigenvalue weighted by Crippen LogP contribution is 2.25. The van der Waals surface area contributed by atoms with E-state index in [1.807, 2.05) is 13.0 Å². The van der Waals surface area contributed by atoms with Crippen LogP contribution in [0.15, 0.2) is 47.4 Å². The molecule has 2 aromatic rings. The van der Waals surface area contributed by atoms with Gasteiger partial charge in [-0.15, -0.1) is 0 Å². The van der Waals surface area contributed by atoms with E-state index in [0.717, 1.165) is 5.56 Å². The first-order chi connectivity index (χ1) is 9.97. The van der Waals surface area contributed by atoms with Gasteiger partial charge in [-0.05, 0) is 31.2 Å². The van der Waals surface area contributed by atoms with Crippen LogP contribution in [0.25, 0.3) is 0 Å². The second-order valence-corrected chi connectivity index (χ2v) is 5.80. The van der Waals surface area contributed by atoms with E-state index >= 15 is 0 Å². The SMILES string of the molecule is Cc1ccc(S(=O)(=O)Oc2cccc(C#N)c2C#N)cc1. The lowest BCUT2D eigenvalue weighted by Gasteiger charge is -2.09. The van der Waals surface area contributed by atoms with Crippen LogP contribution in [-0.2, 0) is 10.1 Å². The first kappa shape index (κ1) is 14.6. The van der Waals surface area contributed by atoms with Crippen molar-refractivity contribution in [1.82, 2.24) is 0 Å². The molecule has 0 unspecified atom stereocenters. The van der Waals surface area contributed by atoms with E-state index in [-0.39, 0.29) is 21.8 Å². The number of nitrogens with zero attached hydrogens (tertiary/aromatic N) is 2. The number of aryl methyl sites for hydroxylation is 1. The third kappa shape index (κ3) is 3.02. The van der Waals surface area contributed by atoms with Crippen LogP contribution in [0, 0.1) is 29.6 Å². The zero-order valence-corrected chi connectivity index (χ0v) is 11.9. The Morgan fingerprint density at radius 2 is 1.67 bits per heavy atom. The van der Waals surface area contributed by atoms with Crippen molar-refractivity contribution in [2.75, 3.05) is 0 Å². The number of hydrogen-bond acceptors (Lipinski definition) is 5. The van der Waals surface area contributed by atoms with Gasteiger partial charge in [-0.1, -0.05) is 23.8 Å². The molecule has 104 valence electrons. The van der Waals surface area contributed by atoms with Gasteiger partial charge in [0.25, 0.3) is 0 Å². The fourth-order valence-electron chi connectivity index (χ4n) is 1.68. The second kappa shape index (κ2) is 5.66. The van der Waals surface area contributed by atoms with Crippen LogP contribution in [0.5, 0.6) is 5.75 Å². The van der Waals surface area contributed by atoms with E-state index in [2.05, 4.69) is 0 Å². The van der Waals surface area contributed by atoms with Crippen LogP contribution in [0.2, 0.25) is 0 Å². The average molecular weight is 298 g/mol. The molecular weight excluding hydrogens is 288 g/mol. The van der Waals surface area contributed by atoms with Gasteiger partial charge in [0.2, 0.25) is 0 Å². The number of nitriles is 2. The molecule has 0 fully saturated rings. The van der Waals surface area contributed by atoms with Crippen molar-refractivity contribution in [3.8, 4) is 17.9 Å². The molecule has 0 radical (unpaired) electrons. The highest BCUT2D eigenvalue weighted by atomic mass is 32.2. The Morgan fingerprint density at radius 1 is 1.00 bits per heavy atom. The summed E-state index contributed by atoms with van der Waals surface area (Å²) in [7, 11) is -4.05. The minimum Gasteiger partial charge on any atom is -0.377 e. The fraction of sp³-hybridized carbons (Fsp3) is 0.0667. The Morgan fingerprint density at radius 3 is 2.24 bits per heavy atom. The maximum Gasteiger partial charge on any atom is 0.339 e. The van der Waals surface area contributed by atoms with Crippen molar-refractivity contribution in [2.24, 2.45) is 0 Å². The van der Waals surface area contributed by atoms with E-state index in [1.165, 1.54) is 30.3 Å². The molecule has 0 aliphatic heterocycles. The topological polar surface area (TPSA) is 90.9 Å². The zero-order valence-electron chi connectivity index (χ0n) is 11.1. The molecule has 0 aliphatic rings. The average Bonchev–Trinajstić information content (AvgIpc) is 2.47. The fourth-order valence-corrected chi connectivity index (χ4v) is 2.62. The summed E-state index contributed by atoms with van der Waals surface area (Å²) in [4.78, 5) is -0.0145. The molecule has 6 heteroatoms. The Hall–Kier alpha value is -2.83. The van der Waals surface area contributed by atoms with Crippen molar-refractivity contribution < 1.29 is 12.6 Å². The van der Waals surface area contributed by atoms with Gasteiger partial charge in [0.1, 0.15) is 22.6 Å². The summed E-state index contributed by atoms with van der Waals surface area (Å²) in [5.74, 6) is -0.155. The molecule has 0 saturated heterocycles. The minimum atomic E-state index is -4.05. The summed E-state index contributed by atoms with van der Waals surface area (Å²) >= 11 is 0. The van der Waals surface area contributed by atoms with Crippen LogP contribution >= 0.6 is 0 Å². The van der Waals surface area contributed by atoms with Crippen molar-refractivity contribution in [3.05, 3.63) is 59.2 Å². The van der Waals surface area contributed by atoms with Gasteiger partial charge in [0.15, 0.2) is 5.75 Å². The Balaban J connectivity index is 2.45. The van der Waals surface area contributed by atoms with Crippen LogP contribution in [0.3, 0.4) is 0 Å². The molecule has 5 nitrogen and oxygen atoms in total. The minimum absolute atomic E-state index is 0.0145. The predicted octanol–water partition coefficient (Wildman–Crippen LogP) is 2.51. The van der Waals surface area contributed by atoms with Crippen molar-refractivity contribution in [3.63, 3.8) is 0 Å². The standard InChI is InChI=1S/C15H10N2O3S/c1-11-5-7-13(8-6-11)21(18,19)20-15-4-2-3-12(9-16)14(15)10-17/h2-8H,1H3. The van der Waals surface area contributed by atoms with Gasteiger partial charge in [0, 0.05) is 0 Å². The van der Waals surface area contributed by atoms with E-state index in [0.29, 0.717) is 0 Å². The molecule has 21 heavy (non-hydrogen) atoms. The molecule has 0 heterocycles. The van der Waals surface area contributed by atoms with Crippen molar-refractivity contribution in [1.29, 1.82) is 10.5 Å². The molecule has 2 rings (SSSR count). The molecule has 0 spiro atoms. The van der Waals surface area contributed by atoms with E-state index in [4.69, 9.17) is 14.7 Å². The van der Waals surface area contributed by atoms with Gasteiger partial charge in [-0.3, -0.25) is 0 Å². The molecule has 0 aromatic heterocycles. The zero-order chi connectivity index (χ0) is 15.5. The van der Waals surface area contributed by atoms with Crippen molar-refractivity contribution in [2.45, 2.75) is 11.8 Å². The lowest BCUT2D eigenvalue weighted by Crippen LogP contribution is -2.11. The molecule has 0 atom stereocenters. The summed E-state index contributed by atoms with van der Waals surface area (Å²) < 4.78 is 29.3. The molecule has 0 aliphatic carbocycles. The van der Waals surface area contributed by atoms with Crippen LogP contribution in [-0.4, -0.2) is 8.42 Å². The Bertz CT molecular complexity index is 857. The third-order valence-electron chi connectivity index (χ3n) is 2.77. The summed E-state index contributed by atoms with van der Waals surface area (Å²) in [6.07, 6.45) is 0. The highest BCUT2D eigenvalue weighted by Gasteiger charge is 2.19. The molecular formula is C15H10N2O3S. The maximum atomic E-state index is 12.2. The Labute approximate surface area is 122 Å². The summed E-state index contributed by atoms with van der Waals surface area (Å²) in [5.41, 5.74) is 0.878. The van der Waals surface area contributed by atoms with Gasteiger partial charge in [-0.2, -0.15) is 18.9 Å². The smallest absolute Gasteiger partial charge is 0.339 e. The summed E-state index contributed by atoms with van der Waals surface area (Å²) in [6, 6.07) is 14.0. The van der Waals surface area contributed by atoms with Gasteiger partial charge < -0.3 is 4.18 Å². The largest absolute Gasteiger partial charge is 0.377 e. The monoisotopic (exact) mass is 298 g/mol. The molecule has 2 aromatic carbocycles. The third-order valence-corrected chi connectivity index (χ3v) is 4.02. The summed E-state index contributed by atoms with van der Waals surface area (Å²) in [5, 5.41) is 18.0. The van der Waals surface area contributed by atoms with E-state index in [9.17, 15) is 8.42 Å². The highest BCUT2D eigenvalue weighted by molar-refractivity contribution is 7.87. The maximum absolute atomic E-state index is 12.2. The van der Waals surface area contributed by atoms with Crippen LogP contribution < -0.4 is 4.18 Å². The van der Waals surface area contributed by atoms with Gasteiger partial charge in [0.05, 0.1) is 5.56 Å². The van der Waals surface area contributed by atoms with Crippen LogP contribution in [0.4, 0.5) is 0 Å². The molecule has 0 bridgehead atoms. The lowest BCUT2D eigenvalue weighted by molar-refractivity contribution is 0.485. The van der Waals surface area contributed by atoms with Crippen LogP contribution in [0.1, 0.15) is 16.7 Å². The van der Waals surface area contributed by atoms with Gasteiger partial charge >= 0.3 is 10.1 Å². The predicted molar refractivity (Wildman–Crippen MR) is 74.9 cm³/mol. The summed E-state index contributed by atoms with van der Waals surface area (Å²) in [6.45, 7) is 1.83. The normalized spacial score (nSPS) is 10.4. The quantitative estimate of drug-likeness (QED) is 0.812. The Kier molecular flexibility index (Phi) is 3.93.